The van der Waals surface area contributed by atoms with Gasteiger partial charge < -0.3 is 15.0 Å². The maximum atomic E-state index is 13.4. The smallest absolute Gasteiger partial charge is 0.286 e. The summed E-state index contributed by atoms with van der Waals surface area (Å²) in [5.74, 6) is -0.767. The summed E-state index contributed by atoms with van der Waals surface area (Å²) in [6.45, 7) is 11.0. The SMILES string of the molecule is Cc1nn2c(=O)c(C(=O)NC3CC3)c([O-])n(CC(C)C)c2c1/C=C/N(O)N1CCC[C@H]1C(C)C. The number of carbonyl (C=O) groups is 1. The maximum absolute atomic E-state index is 13.4. The molecule has 10 heteroatoms. The minimum absolute atomic E-state index is 0.0224. The zero-order valence-electron chi connectivity index (χ0n) is 20.6. The van der Waals surface area contributed by atoms with Crippen molar-refractivity contribution in [2.75, 3.05) is 6.54 Å². The molecular weight excluding hydrogens is 436 g/mol. The number of rotatable bonds is 8. The van der Waals surface area contributed by atoms with Crippen LogP contribution in [0.15, 0.2) is 11.0 Å². The molecule has 1 saturated heterocycles. The molecule has 2 aromatic rings. The minimum atomic E-state index is -0.721. The van der Waals surface area contributed by atoms with E-state index in [-0.39, 0.29) is 18.0 Å². The predicted octanol–water partition coefficient (Wildman–Crippen LogP) is 2.12. The number of nitrogens with zero attached hydrogens (tertiary/aromatic N) is 5. The Morgan fingerprint density at radius 3 is 2.62 bits per heavy atom. The third kappa shape index (κ3) is 4.56. The number of hydroxylamine groups is 1. The van der Waals surface area contributed by atoms with Crippen LogP contribution >= 0.6 is 0 Å². The van der Waals surface area contributed by atoms with Crippen LogP contribution in [-0.2, 0) is 6.54 Å². The lowest BCUT2D eigenvalue weighted by Crippen LogP contribution is -2.42. The van der Waals surface area contributed by atoms with E-state index in [1.807, 2.05) is 18.9 Å². The highest BCUT2D eigenvalue weighted by Crippen LogP contribution is 2.27. The van der Waals surface area contributed by atoms with Gasteiger partial charge in [-0.2, -0.15) is 19.8 Å². The van der Waals surface area contributed by atoms with Gasteiger partial charge in [-0.15, -0.1) is 0 Å². The molecule has 2 aliphatic rings. The highest BCUT2D eigenvalue weighted by Gasteiger charge is 2.30. The topological polar surface area (TPSA) is 118 Å². The zero-order chi connectivity index (χ0) is 24.7. The van der Waals surface area contributed by atoms with Crippen LogP contribution in [-0.4, -0.2) is 54.1 Å². The first-order chi connectivity index (χ1) is 16.1. The number of fused-ring (bicyclic) bond motifs is 1. The lowest BCUT2D eigenvalue weighted by molar-refractivity contribution is -0.280. The van der Waals surface area contributed by atoms with Crippen molar-refractivity contribution in [3.05, 3.63) is 33.4 Å². The highest BCUT2D eigenvalue weighted by molar-refractivity contribution is 5.96. The molecule has 0 radical (unpaired) electrons. The maximum Gasteiger partial charge on any atom is 0.286 e. The number of hydrogen-bond acceptors (Lipinski definition) is 7. The number of hydrogen-bond donors (Lipinski definition) is 2. The molecule has 2 N–H and O–H groups in total. The van der Waals surface area contributed by atoms with Crippen molar-refractivity contribution in [2.45, 2.75) is 78.9 Å². The van der Waals surface area contributed by atoms with Crippen LogP contribution in [0.5, 0.6) is 5.88 Å². The van der Waals surface area contributed by atoms with Gasteiger partial charge >= 0.3 is 0 Å². The van der Waals surface area contributed by atoms with E-state index >= 15 is 0 Å². The average Bonchev–Trinajstić information content (AvgIpc) is 3.31. The van der Waals surface area contributed by atoms with E-state index in [4.69, 9.17) is 0 Å². The highest BCUT2D eigenvalue weighted by atomic mass is 16.5. The van der Waals surface area contributed by atoms with Gasteiger partial charge in [0.25, 0.3) is 11.5 Å². The van der Waals surface area contributed by atoms with Gasteiger partial charge in [0.1, 0.15) is 11.2 Å². The van der Waals surface area contributed by atoms with Crippen molar-refractivity contribution in [2.24, 2.45) is 11.8 Å². The van der Waals surface area contributed by atoms with Crippen LogP contribution < -0.4 is 16.0 Å². The second-order valence-corrected chi connectivity index (χ2v) is 10.2. The van der Waals surface area contributed by atoms with Crippen molar-refractivity contribution < 1.29 is 15.1 Å². The molecule has 4 rings (SSSR count). The number of nitrogens with one attached hydrogen (secondary N) is 1. The largest absolute Gasteiger partial charge is 0.859 e. The molecule has 1 aliphatic carbocycles. The van der Waals surface area contributed by atoms with E-state index in [1.165, 1.54) is 10.8 Å². The fourth-order valence-corrected chi connectivity index (χ4v) is 4.70. The molecule has 2 aromatic heterocycles. The van der Waals surface area contributed by atoms with Gasteiger partial charge in [-0.3, -0.25) is 14.8 Å². The molecule has 0 spiro atoms. The summed E-state index contributed by atoms with van der Waals surface area (Å²) in [5.41, 5.74) is 0.291. The Kier molecular flexibility index (Phi) is 6.73. The fourth-order valence-electron chi connectivity index (χ4n) is 4.70. The minimum Gasteiger partial charge on any atom is -0.859 e. The quantitative estimate of drug-likeness (QED) is 0.566. The second-order valence-electron chi connectivity index (χ2n) is 10.2. The summed E-state index contributed by atoms with van der Waals surface area (Å²) in [6, 6.07) is 0.258. The molecule has 1 atom stereocenters. The zero-order valence-corrected chi connectivity index (χ0v) is 20.6. The van der Waals surface area contributed by atoms with Crippen LogP contribution in [0, 0.1) is 18.8 Å². The fraction of sp³-hybridized carbons (Fsp3) is 0.625. The van der Waals surface area contributed by atoms with Gasteiger partial charge in [0, 0.05) is 36.9 Å². The third-order valence-corrected chi connectivity index (χ3v) is 6.57. The van der Waals surface area contributed by atoms with Crippen LogP contribution in [0.2, 0.25) is 0 Å². The summed E-state index contributed by atoms with van der Waals surface area (Å²) in [6.07, 6.45) is 6.93. The normalized spacial score (nSPS) is 19.2. The Labute approximate surface area is 199 Å². The van der Waals surface area contributed by atoms with Crippen LogP contribution in [0.4, 0.5) is 0 Å². The predicted molar refractivity (Wildman–Crippen MR) is 126 cm³/mol. The Hall–Kier alpha value is -2.85. The number of hydrazine groups is 1. The third-order valence-electron chi connectivity index (χ3n) is 6.57. The Morgan fingerprint density at radius 2 is 2.00 bits per heavy atom. The van der Waals surface area contributed by atoms with Gasteiger partial charge in [-0.25, -0.2) is 0 Å². The van der Waals surface area contributed by atoms with Crippen LogP contribution in [0.1, 0.15) is 75.0 Å². The average molecular weight is 472 g/mol. The summed E-state index contributed by atoms with van der Waals surface area (Å²) in [4.78, 5) is 25.9. The molecule has 10 nitrogen and oxygen atoms in total. The van der Waals surface area contributed by atoms with Crippen molar-refractivity contribution in [3.63, 3.8) is 0 Å². The van der Waals surface area contributed by atoms with E-state index in [9.17, 15) is 19.9 Å². The molecular formula is C24H35N6O4-. The molecule has 0 aromatic carbocycles. The first kappa shape index (κ1) is 24.3. The summed E-state index contributed by atoms with van der Waals surface area (Å²) in [5, 5.41) is 34.2. The van der Waals surface area contributed by atoms with Gasteiger partial charge in [-0.1, -0.05) is 27.7 Å². The standard InChI is InChI=1S/C24H36N6O4/c1-14(2)13-27-22-18(10-12-29(34)28-11-6-7-19(28)15(3)4)16(5)26-30(22)24(33)20(23(27)32)21(31)25-17-8-9-17/h10,12,14-15,17,19,32,34H,6-9,11,13H2,1-5H3,(H,25,31)/p-1/b12-10+/t19-/m0/s1. The monoisotopic (exact) mass is 471 g/mol. The van der Waals surface area contributed by atoms with E-state index < -0.39 is 22.9 Å². The van der Waals surface area contributed by atoms with Crippen molar-refractivity contribution >= 4 is 17.6 Å². The van der Waals surface area contributed by atoms with Gasteiger partial charge in [-0.05, 0) is 56.4 Å². The Morgan fingerprint density at radius 1 is 1.29 bits per heavy atom. The van der Waals surface area contributed by atoms with E-state index in [0.29, 0.717) is 29.4 Å². The summed E-state index contributed by atoms with van der Waals surface area (Å²) >= 11 is 0. The van der Waals surface area contributed by atoms with Crippen molar-refractivity contribution in [1.29, 1.82) is 0 Å². The number of amides is 1. The lowest BCUT2D eigenvalue weighted by atomic mass is 10.0. The molecule has 186 valence electrons. The first-order valence-electron chi connectivity index (χ1n) is 12.2. The number of aryl methyl sites for hydroxylation is 1. The van der Waals surface area contributed by atoms with Crippen molar-refractivity contribution in [1.82, 2.24) is 29.7 Å². The van der Waals surface area contributed by atoms with Crippen LogP contribution in [0.25, 0.3) is 11.7 Å². The summed E-state index contributed by atoms with van der Waals surface area (Å²) in [7, 11) is 0. The molecule has 3 heterocycles. The molecule has 2 fully saturated rings. The molecule has 1 amide bonds. The second kappa shape index (κ2) is 9.42. The van der Waals surface area contributed by atoms with Crippen LogP contribution in [0.3, 0.4) is 0 Å². The van der Waals surface area contributed by atoms with Gasteiger partial charge in [0.15, 0.2) is 0 Å². The van der Waals surface area contributed by atoms with E-state index in [0.717, 1.165) is 41.9 Å². The molecule has 0 bridgehead atoms. The van der Waals surface area contributed by atoms with Crippen molar-refractivity contribution in [3.8, 4) is 5.88 Å². The van der Waals surface area contributed by atoms with Gasteiger partial charge in [0.2, 0.25) is 0 Å². The molecule has 1 aliphatic heterocycles. The van der Waals surface area contributed by atoms with Gasteiger partial charge in [0.05, 0.1) is 5.69 Å². The Balaban J connectivity index is 1.78. The Bertz CT molecular complexity index is 1160. The number of aromatic nitrogens is 3. The number of carbonyl (C=O) groups excluding carboxylic acids is 1. The molecule has 34 heavy (non-hydrogen) atoms. The summed E-state index contributed by atoms with van der Waals surface area (Å²) < 4.78 is 2.61. The first-order valence-corrected chi connectivity index (χ1v) is 12.2. The lowest BCUT2D eigenvalue weighted by Gasteiger charge is -2.32. The van der Waals surface area contributed by atoms with E-state index in [1.54, 1.807) is 13.0 Å². The molecule has 0 unspecified atom stereocenters. The van der Waals surface area contributed by atoms with E-state index in [2.05, 4.69) is 24.3 Å². The molecule has 1 saturated carbocycles.